The van der Waals surface area contributed by atoms with Crippen molar-refractivity contribution in [3.05, 3.63) is 21.5 Å². The van der Waals surface area contributed by atoms with E-state index in [2.05, 4.69) is 0 Å². The molecule has 1 rings (SSSR count). The third-order valence-corrected chi connectivity index (χ3v) is 3.19. The van der Waals surface area contributed by atoms with Crippen molar-refractivity contribution in [3.8, 4) is 0 Å². The molecule has 0 aliphatic carbocycles. The number of carbonyl (C=O) groups is 2. The van der Waals surface area contributed by atoms with Gasteiger partial charge >= 0.3 is 11.9 Å². The average Bonchev–Trinajstić information content (AvgIpc) is 2.84. The van der Waals surface area contributed by atoms with Crippen LogP contribution in [0.2, 0.25) is 0 Å². The number of nitro groups is 1. The van der Waals surface area contributed by atoms with Gasteiger partial charge in [0.2, 0.25) is 0 Å². The molecule has 1 fully saturated rings. The lowest BCUT2D eigenvalue weighted by Crippen LogP contribution is -2.54. The monoisotopic (exact) mass is 363 g/mol. The maximum absolute atomic E-state index is 12.3. The molecule has 0 bridgehead atoms. The van der Waals surface area contributed by atoms with Gasteiger partial charge in [-0.15, -0.1) is 0 Å². The fourth-order valence-corrected chi connectivity index (χ4v) is 1.93. The first-order valence-corrected chi connectivity index (χ1v) is 6.53. The van der Waals surface area contributed by atoms with Gasteiger partial charge < -0.3 is 47.0 Å². The highest BCUT2D eigenvalue weighted by Crippen LogP contribution is 2.23. The molecule has 15 heteroatoms. The minimum Gasteiger partial charge on any atom is -0.394 e. The van der Waals surface area contributed by atoms with Crippen molar-refractivity contribution in [1.29, 1.82) is 5.41 Å². The van der Waals surface area contributed by atoms with E-state index < -0.39 is 65.2 Å². The fraction of sp³-hybridized carbons (Fsp3) is 0.500. The topological polar surface area (TPSA) is 264 Å². The van der Waals surface area contributed by atoms with Gasteiger partial charge in [-0.25, -0.2) is 15.6 Å². The van der Waals surface area contributed by atoms with Gasteiger partial charge in [-0.05, 0) is 4.92 Å². The van der Waals surface area contributed by atoms with Crippen molar-refractivity contribution < 1.29 is 34.6 Å². The number of aliphatic hydroxyl groups excluding tert-OH is 3. The molecule has 25 heavy (non-hydrogen) atoms. The van der Waals surface area contributed by atoms with Crippen molar-refractivity contribution in [2.24, 2.45) is 17.3 Å². The van der Waals surface area contributed by atoms with Crippen LogP contribution in [0.3, 0.4) is 0 Å². The summed E-state index contributed by atoms with van der Waals surface area (Å²) in [6, 6.07) is -1.34. The van der Waals surface area contributed by atoms with Crippen molar-refractivity contribution in [1.82, 2.24) is 10.3 Å². The maximum atomic E-state index is 12.3. The van der Waals surface area contributed by atoms with Crippen LogP contribution in [0.25, 0.3) is 0 Å². The SMILES string of the molecule is N=C(/C(N)=C(\NC(N)=O)C(=O)N(N)C1OC(CO)C(O)C1O)[N+](=O)[O-]. The third-order valence-electron chi connectivity index (χ3n) is 3.19. The zero-order chi connectivity index (χ0) is 19.5. The molecular weight excluding hydrogens is 346 g/mol. The molecule has 3 amide bonds. The predicted octanol–water partition coefficient (Wildman–Crippen LogP) is -4.78. The van der Waals surface area contributed by atoms with E-state index >= 15 is 0 Å². The molecule has 1 aliphatic heterocycles. The van der Waals surface area contributed by atoms with Crippen LogP contribution in [0.1, 0.15) is 0 Å². The summed E-state index contributed by atoms with van der Waals surface area (Å²) in [5.74, 6) is 2.64. The van der Waals surface area contributed by atoms with Crippen molar-refractivity contribution in [2.45, 2.75) is 24.5 Å². The number of hydrogen-bond acceptors (Lipinski definition) is 11. The second-order valence-corrected chi connectivity index (χ2v) is 4.82. The normalized spacial score (nSPS) is 26.6. The van der Waals surface area contributed by atoms with Crippen LogP contribution >= 0.6 is 0 Å². The van der Waals surface area contributed by atoms with E-state index in [1.54, 1.807) is 5.32 Å². The second-order valence-electron chi connectivity index (χ2n) is 4.82. The summed E-state index contributed by atoms with van der Waals surface area (Å²) >= 11 is 0. The number of nitrogens with zero attached hydrogens (tertiary/aromatic N) is 2. The number of amidine groups is 1. The molecule has 0 aromatic carbocycles. The van der Waals surface area contributed by atoms with E-state index in [0.29, 0.717) is 0 Å². The Morgan fingerprint density at radius 1 is 1.32 bits per heavy atom. The van der Waals surface area contributed by atoms with Crippen LogP contribution in [0.15, 0.2) is 11.4 Å². The molecule has 0 aromatic rings. The summed E-state index contributed by atoms with van der Waals surface area (Å²) in [5, 5.41) is 48.1. The van der Waals surface area contributed by atoms with Crippen LogP contribution in [-0.4, -0.2) is 74.2 Å². The maximum Gasteiger partial charge on any atom is 0.381 e. The van der Waals surface area contributed by atoms with E-state index in [9.17, 15) is 29.9 Å². The Bertz CT molecular complexity index is 622. The van der Waals surface area contributed by atoms with Gasteiger partial charge in [0.05, 0.1) is 6.61 Å². The number of urea groups is 1. The van der Waals surface area contributed by atoms with E-state index in [-0.39, 0.29) is 5.01 Å². The van der Waals surface area contributed by atoms with Gasteiger partial charge in [-0.3, -0.25) is 4.79 Å². The Morgan fingerprint density at radius 2 is 1.88 bits per heavy atom. The number of hydrogen-bond donors (Lipinski definition) is 8. The number of nitrogens with two attached hydrogens (primary N) is 3. The van der Waals surface area contributed by atoms with E-state index in [0.717, 1.165) is 0 Å². The van der Waals surface area contributed by atoms with E-state index in [1.807, 2.05) is 0 Å². The molecule has 140 valence electrons. The molecule has 0 radical (unpaired) electrons. The van der Waals surface area contributed by atoms with Gasteiger partial charge in [0.25, 0.3) is 5.91 Å². The predicted molar refractivity (Wildman–Crippen MR) is 77.4 cm³/mol. The van der Waals surface area contributed by atoms with Crippen LogP contribution < -0.4 is 22.6 Å². The Morgan fingerprint density at radius 3 is 2.28 bits per heavy atom. The summed E-state index contributed by atoms with van der Waals surface area (Å²) < 4.78 is 5.00. The smallest absolute Gasteiger partial charge is 0.381 e. The average molecular weight is 363 g/mol. The molecule has 4 unspecified atom stereocenters. The Hall–Kier alpha value is -2.85. The van der Waals surface area contributed by atoms with Crippen LogP contribution in [0.5, 0.6) is 0 Å². The largest absolute Gasteiger partial charge is 0.394 e. The van der Waals surface area contributed by atoms with Crippen LogP contribution in [-0.2, 0) is 9.53 Å². The molecule has 1 saturated heterocycles. The standard InChI is InChI=1S/C10H17N7O8/c11-3(7(12)17(23)24)4(15-10(13)22)8(21)16(14)9-6(20)5(19)2(1-18)25-9/h2,5-6,9,12,18-20H,1,11,14H2,(H3,13,15,22)/b4-3+,12-7?. The molecular formula is C10H17N7O8. The Labute approximate surface area is 139 Å². The number of rotatable bonds is 5. The van der Waals surface area contributed by atoms with Crippen molar-refractivity contribution >= 4 is 17.8 Å². The summed E-state index contributed by atoms with van der Waals surface area (Å²) in [4.78, 5) is 32.7. The van der Waals surface area contributed by atoms with Gasteiger partial charge in [0, 0.05) is 0 Å². The van der Waals surface area contributed by atoms with Crippen molar-refractivity contribution in [2.75, 3.05) is 6.61 Å². The number of amides is 3. The molecule has 1 aliphatic rings. The highest BCUT2D eigenvalue weighted by molar-refractivity contribution is 6.04. The zero-order valence-electron chi connectivity index (χ0n) is 12.5. The third kappa shape index (κ3) is 4.17. The van der Waals surface area contributed by atoms with Gasteiger partial charge in [-0.2, -0.15) is 0 Å². The van der Waals surface area contributed by atoms with Gasteiger partial charge in [0.15, 0.2) is 11.9 Å². The molecule has 15 nitrogen and oxygen atoms in total. The van der Waals surface area contributed by atoms with Crippen LogP contribution in [0.4, 0.5) is 4.79 Å². The molecule has 4 atom stereocenters. The summed E-state index contributed by atoms with van der Waals surface area (Å²) in [7, 11) is 0. The molecule has 1 heterocycles. The molecule has 0 aromatic heterocycles. The van der Waals surface area contributed by atoms with Crippen molar-refractivity contribution in [3.63, 3.8) is 0 Å². The highest BCUT2D eigenvalue weighted by atomic mass is 16.6. The second kappa shape index (κ2) is 7.81. The number of primary amides is 1. The minimum atomic E-state index is -1.74. The number of hydrazine groups is 1. The lowest BCUT2D eigenvalue weighted by atomic mass is 10.1. The Kier molecular flexibility index (Phi) is 6.31. The summed E-state index contributed by atoms with van der Waals surface area (Å²) in [5.41, 5.74) is 8.09. The quantitative estimate of drug-likeness (QED) is 0.0439. The lowest BCUT2D eigenvalue weighted by Gasteiger charge is -2.26. The molecule has 0 spiro atoms. The summed E-state index contributed by atoms with van der Waals surface area (Å²) in [6.07, 6.45) is -6.26. The van der Waals surface area contributed by atoms with E-state index in [4.69, 9.17) is 32.6 Å². The van der Waals surface area contributed by atoms with Crippen LogP contribution in [0, 0.1) is 15.5 Å². The number of aliphatic hydroxyl groups is 3. The minimum absolute atomic E-state index is 0.176. The molecule has 0 saturated carbocycles. The first kappa shape index (κ1) is 20.2. The number of nitrogens with one attached hydrogen (secondary N) is 2. The first-order valence-electron chi connectivity index (χ1n) is 6.53. The Balaban J connectivity index is 3.17. The fourth-order valence-electron chi connectivity index (χ4n) is 1.93. The summed E-state index contributed by atoms with van der Waals surface area (Å²) in [6.45, 7) is -0.701. The van der Waals surface area contributed by atoms with Gasteiger partial charge in [-0.1, -0.05) is 5.41 Å². The van der Waals surface area contributed by atoms with E-state index in [1.165, 1.54) is 0 Å². The number of ether oxygens (including phenoxy) is 1. The highest BCUT2D eigenvalue weighted by Gasteiger charge is 2.46. The zero-order valence-corrected chi connectivity index (χ0v) is 12.5. The number of carbonyl (C=O) groups excluding carboxylic acids is 2. The first-order chi connectivity index (χ1) is 11.5. The van der Waals surface area contributed by atoms with Gasteiger partial charge in [0.1, 0.15) is 24.0 Å². The molecule has 11 N–H and O–H groups in total. The lowest BCUT2D eigenvalue weighted by molar-refractivity contribution is -0.350.